The number of amides is 1. The molecular weight excluding hydrogens is 338 g/mol. The number of alkyl halides is 6. The molecule has 2 rings (SSSR count). The first-order valence-corrected chi connectivity index (χ1v) is 7.29. The van der Waals surface area contributed by atoms with Gasteiger partial charge in [-0.3, -0.25) is 4.79 Å². The average molecular weight is 354 g/mol. The molecule has 1 saturated heterocycles. The molecule has 1 unspecified atom stereocenters. The van der Waals surface area contributed by atoms with Gasteiger partial charge in [0.1, 0.15) is 0 Å². The third-order valence-corrected chi connectivity index (χ3v) is 3.91. The first-order valence-electron chi connectivity index (χ1n) is 7.29. The minimum atomic E-state index is -4.97. The second-order valence-corrected chi connectivity index (χ2v) is 5.65. The van der Waals surface area contributed by atoms with Crippen LogP contribution < -0.4 is 5.32 Å². The molecule has 1 amide bonds. The molecule has 1 aromatic carbocycles. The summed E-state index contributed by atoms with van der Waals surface area (Å²) in [5.74, 6) is -0.815. The van der Waals surface area contributed by atoms with Crippen LogP contribution in [-0.2, 0) is 12.4 Å². The van der Waals surface area contributed by atoms with E-state index in [9.17, 15) is 31.1 Å². The molecule has 134 valence electrons. The van der Waals surface area contributed by atoms with Crippen molar-refractivity contribution in [2.45, 2.75) is 31.2 Å². The van der Waals surface area contributed by atoms with Gasteiger partial charge in [-0.25, -0.2) is 0 Å². The van der Waals surface area contributed by atoms with E-state index < -0.39 is 35.0 Å². The van der Waals surface area contributed by atoms with Gasteiger partial charge in [0.2, 0.25) is 0 Å². The second-order valence-electron chi connectivity index (χ2n) is 5.65. The minimum absolute atomic E-state index is 0.0197. The number of carbonyl (C=O) groups is 1. The highest BCUT2D eigenvalue weighted by Gasteiger charge is 2.38. The maximum absolute atomic E-state index is 12.9. The number of likely N-dealkylation sites (N-methyl/N-ethyl adjacent to an activating group) is 1. The van der Waals surface area contributed by atoms with Gasteiger partial charge in [0.15, 0.2) is 0 Å². The molecular formula is C15H16F6N2O. The van der Waals surface area contributed by atoms with Gasteiger partial charge in [0.25, 0.3) is 5.91 Å². The first-order chi connectivity index (χ1) is 11.0. The van der Waals surface area contributed by atoms with Gasteiger partial charge in [-0.15, -0.1) is 0 Å². The molecule has 0 radical (unpaired) electrons. The molecule has 24 heavy (non-hydrogen) atoms. The van der Waals surface area contributed by atoms with Crippen LogP contribution in [0.15, 0.2) is 18.2 Å². The quantitative estimate of drug-likeness (QED) is 0.842. The van der Waals surface area contributed by atoms with Gasteiger partial charge >= 0.3 is 12.4 Å². The maximum atomic E-state index is 12.9. The number of halogens is 6. The molecule has 0 saturated carbocycles. The Labute approximate surface area is 134 Å². The fourth-order valence-electron chi connectivity index (χ4n) is 2.80. The Hall–Kier alpha value is -1.77. The summed E-state index contributed by atoms with van der Waals surface area (Å²) in [6.45, 7) is 0.736. The number of nitrogens with one attached hydrogen (secondary N) is 1. The Morgan fingerprint density at radius 3 is 2.12 bits per heavy atom. The smallest absolute Gasteiger partial charge is 0.334 e. The summed E-state index contributed by atoms with van der Waals surface area (Å²) >= 11 is 0. The highest BCUT2D eigenvalue weighted by molar-refractivity contribution is 5.95. The lowest BCUT2D eigenvalue weighted by molar-refractivity contribution is -0.143. The van der Waals surface area contributed by atoms with Crippen molar-refractivity contribution in [3.05, 3.63) is 34.9 Å². The Morgan fingerprint density at radius 1 is 1.12 bits per heavy atom. The third-order valence-electron chi connectivity index (χ3n) is 3.91. The molecule has 0 spiro atoms. The normalized spacial score (nSPS) is 19.0. The predicted molar refractivity (Wildman–Crippen MR) is 74.4 cm³/mol. The molecule has 9 heteroatoms. The van der Waals surface area contributed by atoms with Crippen LogP contribution in [0.25, 0.3) is 0 Å². The number of carbonyl (C=O) groups excluding carboxylic acids is 1. The van der Waals surface area contributed by atoms with Crippen LogP contribution in [0.5, 0.6) is 0 Å². The standard InChI is InChI=1S/C15H16F6N2O/c1-22-8-12-3-2-4-23(12)13(24)9-5-10(14(16,17)18)7-11(6-9)15(19,20)21/h5-7,12,22H,2-4,8H2,1H3. The van der Waals surface area contributed by atoms with Crippen molar-refractivity contribution in [3.63, 3.8) is 0 Å². The van der Waals surface area contributed by atoms with Gasteiger partial charge < -0.3 is 10.2 Å². The molecule has 1 N–H and O–H groups in total. The summed E-state index contributed by atoms with van der Waals surface area (Å²) in [5, 5.41) is 2.86. The second kappa shape index (κ2) is 6.62. The zero-order valence-electron chi connectivity index (χ0n) is 12.8. The SMILES string of the molecule is CNCC1CCCN1C(=O)c1cc(C(F)(F)F)cc(C(F)(F)F)c1. The molecule has 0 aliphatic carbocycles. The Balaban J connectivity index is 2.43. The molecule has 0 bridgehead atoms. The minimum Gasteiger partial charge on any atom is -0.334 e. The van der Waals surface area contributed by atoms with Crippen LogP contribution in [0.1, 0.15) is 34.3 Å². The highest BCUT2D eigenvalue weighted by Crippen LogP contribution is 2.36. The Morgan fingerprint density at radius 2 is 1.67 bits per heavy atom. The Bertz CT molecular complexity index is 579. The fourth-order valence-corrected chi connectivity index (χ4v) is 2.80. The fraction of sp³-hybridized carbons (Fsp3) is 0.533. The number of nitrogens with zero attached hydrogens (tertiary/aromatic N) is 1. The largest absolute Gasteiger partial charge is 0.416 e. The van der Waals surface area contributed by atoms with E-state index in [4.69, 9.17) is 0 Å². The van der Waals surface area contributed by atoms with Crippen LogP contribution in [-0.4, -0.2) is 37.0 Å². The van der Waals surface area contributed by atoms with E-state index in [1.54, 1.807) is 7.05 Å². The zero-order chi connectivity index (χ0) is 18.1. The van der Waals surface area contributed by atoms with E-state index >= 15 is 0 Å². The van der Waals surface area contributed by atoms with Gasteiger partial charge in [0, 0.05) is 24.7 Å². The summed E-state index contributed by atoms with van der Waals surface area (Å²) in [6.07, 6.45) is -8.63. The number of hydrogen-bond acceptors (Lipinski definition) is 2. The lowest BCUT2D eigenvalue weighted by Crippen LogP contribution is -2.41. The molecule has 1 aliphatic heterocycles. The van der Waals surface area contributed by atoms with Crippen molar-refractivity contribution in [2.24, 2.45) is 0 Å². The van der Waals surface area contributed by atoms with Crippen LogP contribution in [0, 0.1) is 0 Å². The number of hydrogen-bond donors (Lipinski definition) is 1. The number of likely N-dealkylation sites (tertiary alicyclic amines) is 1. The highest BCUT2D eigenvalue weighted by atomic mass is 19.4. The van der Waals surface area contributed by atoms with Crippen LogP contribution in [0.4, 0.5) is 26.3 Å². The summed E-state index contributed by atoms with van der Waals surface area (Å²) in [5.41, 5.74) is -3.56. The van der Waals surface area contributed by atoms with Crippen molar-refractivity contribution in [1.82, 2.24) is 10.2 Å². The van der Waals surface area contributed by atoms with Crippen molar-refractivity contribution in [3.8, 4) is 0 Å². The zero-order valence-corrected chi connectivity index (χ0v) is 12.8. The van der Waals surface area contributed by atoms with Gasteiger partial charge in [-0.05, 0) is 38.1 Å². The van der Waals surface area contributed by atoms with E-state index in [1.165, 1.54) is 4.90 Å². The van der Waals surface area contributed by atoms with Gasteiger partial charge in [0.05, 0.1) is 11.1 Å². The van der Waals surface area contributed by atoms with E-state index in [0.29, 0.717) is 38.1 Å². The molecule has 1 atom stereocenters. The van der Waals surface area contributed by atoms with Gasteiger partial charge in [-0.2, -0.15) is 26.3 Å². The Kier molecular flexibility index (Phi) is 5.12. The topological polar surface area (TPSA) is 32.3 Å². The van der Waals surface area contributed by atoms with Gasteiger partial charge in [-0.1, -0.05) is 0 Å². The van der Waals surface area contributed by atoms with E-state index in [0.717, 1.165) is 0 Å². The van der Waals surface area contributed by atoms with Crippen LogP contribution in [0.3, 0.4) is 0 Å². The summed E-state index contributed by atoms with van der Waals surface area (Å²) < 4.78 is 77.2. The molecule has 1 aliphatic rings. The monoisotopic (exact) mass is 354 g/mol. The predicted octanol–water partition coefficient (Wildman–Crippen LogP) is 3.55. The molecule has 1 aromatic rings. The number of benzene rings is 1. The van der Waals surface area contributed by atoms with E-state index in [1.807, 2.05) is 0 Å². The third kappa shape index (κ3) is 4.00. The summed E-state index contributed by atoms with van der Waals surface area (Å²) in [7, 11) is 1.66. The molecule has 1 fully saturated rings. The van der Waals surface area contributed by atoms with Crippen molar-refractivity contribution < 1.29 is 31.1 Å². The van der Waals surface area contributed by atoms with Crippen molar-refractivity contribution >= 4 is 5.91 Å². The van der Waals surface area contributed by atoms with Crippen LogP contribution >= 0.6 is 0 Å². The van der Waals surface area contributed by atoms with E-state index in [-0.39, 0.29) is 12.1 Å². The average Bonchev–Trinajstić information content (AvgIpc) is 2.93. The van der Waals surface area contributed by atoms with Crippen molar-refractivity contribution in [1.29, 1.82) is 0 Å². The molecule has 3 nitrogen and oxygen atoms in total. The molecule has 0 aromatic heterocycles. The van der Waals surface area contributed by atoms with Crippen LogP contribution in [0.2, 0.25) is 0 Å². The molecule has 1 heterocycles. The van der Waals surface area contributed by atoms with E-state index in [2.05, 4.69) is 5.32 Å². The maximum Gasteiger partial charge on any atom is 0.416 e. The number of rotatable bonds is 3. The first kappa shape index (κ1) is 18.6. The summed E-state index contributed by atoms with van der Waals surface area (Å²) in [4.78, 5) is 13.8. The summed E-state index contributed by atoms with van der Waals surface area (Å²) in [6, 6.07) is 0.733. The van der Waals surface area contributed by atoms with Crippen molar-refractivity contribution in [2.75, 3.05) is 20.1 Å². The lowest BCUT2D eigenvalue weighted by atomic mass is 10.0. The lowest BCUT2D eigenvalue weighted by Gasteiger charge is -2.25.